The molecule has 0 N–H and O–H groups in total. The van der Waals surface area contributed by atoms with E-state index in [0.717, 1.165) is 0 Å². The minimum atomic E-state index is -0.254. The molecule has 1 fully saturated rings. The smallest absolute Gasteiger partial charge is 0.159 e. The summed E-state index contributed by atoms with van der Waals surface area (Å²) in [6.07, 6.45) is 2.83. The summed E-state index contributed by atoms with van der Waals surface area (Å²) < 4.78 is 0. The molecule has 1 heterocycles. The Morgan fingerprint density at radius 1 is 1.44 bits per heavy atom. The van der Waals surface area contributed by atoms with Crippen LogP contribution in [0.25, 0.3) is 0 Å². The van der Waals surface area contributed by atoms with Gasteiger partial charge in [0, 0.05) is 8.80 Å². The van der Waals surface area contributed by atoms with E-state index in [0.29, 0.717) is 0 Å². The van der Waals surface area contributed by atoms with Crippen molar-refractivity contribution in [2.24, 2.45) is 0 Å². The number of hydrogen-bond donors (Lipinski definition) is 0. The lowest BCUT2D eigenvalue weighted by molar-refractivity contribution is 0.871. The standard InChI is InChI=1S/C6H13ClSi2/c1-2-3-4-8-5-9(7)6-8/h2-6H2,1H3. The van der Waals surface area contributed by atoms with Gasteiger partial charge in [-0.2, -0.15) is 11.1 Å². The van der Waals surface area contributed by atoms with E-state index in [4.69, 9.17) is 11.1 Å². The van der Waals surface area contributed by atoms with Gasteiger partial charge in [-0.05, 0) is 0 Å². The van der Waals surface area contributed by atoms with Crippen LogP contribution in [0, 0.1) is 0 Å². The average molecular weight is 177 g/mol. The van der Waals surface area contributed by atoms with Crippen molar-refractivity contribution in [3.05, 3.63) is 0 Å². The van der Waals surface area contributed by atoms with Gasteiger partial charge in [0.15, 0.2) is 8.11 Å². The summed E-state index contributed by atoms with van der Waals surface area (Å²) in [4.78, 5) is 0. The molecule has 0 aromatic carbocycles. The average Bonchev–Trinajstić information content (AvgIpc) is 1.78. The summed E-state index contributed by atoms with van der Waals surface area (Å²) in [7, 11) is -0.100. The predicted molar refractivity (Wildman–Crippen MR) is 46.7 cm³/mol. The van der Waals surface area contributed by atoms with Gasteiger partial charge in [-0.3, -0.25) is 0 Å². The largest absolute Gasteiger partial charge is 0.170 e. The van der Waals surface area contributed by atoms with Crippen molar-refractivity contribution in [2.45, 2.75) is 37.1 Å². The molecule has 0 aromatic rings. The fourth-order valence-corrected chi connectivity index (χ4v) is 10.7. The Hall–Kier alpha value is 0.724. The van der Waals surface area contributed by atoms with E-state index in [1.165, 1.54) is 24.2 Å². The molecule has 1 saturated heterocycles. The molecule has 0 spiro atoms. The van der Waals surface area contributed by atoms with E-state index >= 15 is 0 Å². The van der Waals surface area contributed by atoms with Gasteiger partial charge in [0.2, 0.25) is 0 Å². The number of halogens is 1. The van der Waals surface area contributed by atoms with Crippen LogP contribution in [0.2, 0.25) is 17.4 Å². The molecule has 0 amide bonds. The van der Waals surface area contributed by atoms with Gasteiger partial charge in [0.05, 0.1) is 0 Å². The van der Waals surface area contributed by atoms with Crippen molar-refractivity contribution in [3.63, 3.8) is 0 Å². The minimum absolute atomic E-state index is 0.154. The summed E-state index contributed by atoms with van der Waals surface area (Å²) in [5.41, 5.74) is 2.97. The molecule has 3 heteroatoms. The Balaban J connectivity index is 1.91. The minimum Gasteiger partial charge on any atom is -0.170 e. The molecule has 0 saturated carbocycles. The Morgan fingerprint density at radius 2 is 2.11 bits per heavy atom. The van der Waals surface area contributed by atoms with Gasteiger partial charge < -0.3 is 0 Å². The topological polar surface area (TPSA) is 0 Å². The maximum atomic E-state index is 5.95. The van der Waals surface area contributed by atoms with Gasteiger partial charge in [0.25, 0.3) is 0 Å². The quantitative estimate of drug-likeness (QED) is 0.458. The van der Waals surface area contributed by atoms with Crippen LogP contribution in [-0.4, -0.2) is 16.9 Å². The van der Waals surface area contributed by atoms with Gasteiger partial charge in [0.1, 0.15) is 0 Å². The summed E-state index contributed by atoms with van der Waals surface area (Å²) in [5.74, 6) is 0. The molecule has 0 atom stereocenters. The van der Waals surface area contributed by atoms with Gasteiger partial charge in [-0.25, -0.2) is 0 Å². The summed E-state index contributed by atoms with van der Waals surface area (Å²) in [6, 6.07) is 1.54. The first-order valence-corrected chi connectivity index (χ1v) is 8.71. The molecular weight excluding hydrogens is 164 g/mol. The van der Waals surface area contributed by atoms with E-state index in [9.17, 15) is 0 Å². The molecule has 0 aromatic heterocycles. The van der Waals surface area contributed by atoms with Crippen molar-refractivity contribution < 1.29 is 0 Å². The molecule has 1 rings (SSSR count). The first-order valence-electron chi connectivity index (χ1n) is 3.66. The summed E-state index contributed by atoms with van der Waals surface area (Å²) in [5, 5.41) is 0. The zero-order valence-corrected chi connectivity index (χ0v) is 8.67. The highest BCUT2D eigenvalue weighted by Crippen LogP contribution is 2.26. The third kappa shape index (κ3) is 2.44. The van der Waals surface area contributed by atoms with Gasteiger partial charge in [-0.1, -0.05) is 37.1 Å². The maximum absolute atomic E-state index is 5.95. The van der Waals surface area contributed by atoms with E-state index < -0.39 is 0 Å². The monoisotopic (exact) mass is 176 g/mol. The van der Waals surface area contributed by atoms with E-state index in [2.05, 4.69) is 6.92 Å². The lowest BCUT2D eigenvalue weighted by atomic mass is 10.4. The number of rotatable bonds is 3. The normalized spacial score (nSPS) is 22.0. The third-order valence-corrected chi connectivity index (χ3v) is 12.3. The van der Waals surface area contributed by atoms with Crippen molar-refractivity contribution in [1.82, 2.24) is 0 Å². The molecule has 52 valence electrons. The summed E-state index contributed by atoms with van der Waals surface area (Å²) in [6.45, 7) is 2.27. The molecule has 0 unspecified atom stereocenters. The number of unbranched alkanes of at least 4 members (excludes halogenated alkanes) is 1. The lowest BCUT2D eigenvalue weighted by Crippen LogP contribution is -2.35. The van der Waals surface area contributed by atoms with Crippen LogP contribution < -0.4 is 0 Å². The van der Waals surface area contributed by atoms with Crippen LogP contribution in [-0.2, 0) is 0 Å². The van der Waals surface area contributed by atoms with E-state index in [1.807, 2.05) is 0 Å². The SMILES string of the molecule is CCCC[Si]1C[Si](Cl)C1. The van der Waals surface area contributed by atoms with Crippen molar-refractivity contribution in [2.75, 3.05) is 0 Å². The second-order valence-electron chi connectivity index (χ2n) is 2.72. The molecule has 2 radical (unpaired) electrons. The van der Waals surface area contributed by atoms with Crippen LogP contribution in [0.4, 0.5) is 0 Å². The second-order valence-corrected chi connectivity index (χ2v) is 10.2. The van der Waals surface area contributed by atoms with Crippen LogP contribution in [0.5, 0.6) is 0 Å². The predicted octanol–water partition coefficient (Wildman–Crippen LogP) is 2.60. The van der Waals surface area contributed by atoms with Crippen molar-refractivity contribution >= 4 is 28.0 Å². The van der Waals surface area contributed by atoms with Crippen LogP contribution in [0.15, 0.2) is 0 Å². The zero-order chi connectivity index (χ0) is 6.69. The highest BCUT2D eigenvalue weighted by atomic mass is 35.6. The van der Waals surface area contributed by atoms with Gasteiger partial charge >= 0.3 is 0 Å². The van der Waals surface area contributed by atoms with Crippen LogP contribution in [0.1, 0.15) is 19.8 Å². The molecular formula is C6H13ClSi2. The molecule has 0 nitrogen and oxygen atoms in total. The second kappa shape index (κ2) is 3.79. The van der Waals surface area contributed by atoms with E-state index in [1.54, 1.807) is 6.04 Å². The summed E-state index contributed by atoms with van der Waals surface area (Å²) >= 11 is 5.95. The lowest BCUT2D eigenvalue weighted by Gasteiger charge is -2.26. The first-order chi connectivity index (χ1) is 4.33. The molecule has 0 bridgehead atoms. The molecule has 0 aliphatic carbocycles. The fourth-order valence-electron chi connectivity index (χ4n) is 1.09. The molecule has 9 heavy (non-hydrogen) atoms. The van der Waals surface area contributed by atoms with E-state index in [-0.39, 0.29) is 16.9 Å². The Kier molecular flexibility index (Phi) is 3.29. The fraction of sp³-hybridized carbons (Fsp3) is 1.00. The zero-order valence-electron chi connectivity index (χ0n) is 5.91. The highest BCUT2D eigenvalue weighted by Gasteiger charge is 2.29. The Bertz CT molecular complexity index is 81.1. The molecule has 1 aliphatic heterocycles. The highest BCUT2D eigenvalue weighted by molar-refractivity contribution is 7.20. The van der Waals surface area contributed by atoms with Crippen molar-refractivity contribution in [3.8, 4) is 0 Å². The van der Waals surface area contributed by atoms with Crippen molar-refractivity contribution in [1.29, 1.82) is 0 Å². The third-order valence-electron chi connectivity index (χ3n) is 1.77. The maximum Gasteiger partial charge on any atom is 0.159 e. The molecule has 1 aliphatic rings. The van der Waals surface area contributed by atoms with Crippen LogP contribution in [0.3, 0.4) is 0 Å². The Morgan fingerprint density at radius 3 is 2.56 bits per heavy atom. The van der Waals surface area contributed by atoms with Gasteiger partial charge in [-0.15, -0.1) is 0 Å². The Labute approximate surface area is 65.5 Å². The first kappa shape index (κ1) is 7.83. The van der Waals surface area contributed by atoms with Crippen LogP contribution >= 0.6 is 11.1 Å². The number of hydrogen-bond acceptors (Lipinski definition) is 0.